The molecule has 1 aromatic carbocycles. The summed E-state index contributed by atoms with van der Waals surface area (Å²) in [5.41, 5.74) is 0.544. The van der Waals surface area contributed by atoms with Gasteiger partial charge in [0.15, 0.2) is 0 Å². The first-order chi connectivity index (χ1) is 10.5. The number of nitrogens with one attached hydrogen (secondary N) is 1. The van der Waals surface area contributed by atoms with Crippen molar-refractivity contribution >= 4 is 15.9 Å². The summed E-state index contributed by atoms with van der Waals surface area (Å²) < 4.78 is 30.2. The fraction of sp³-hybridized carbons (Fsp3) is 0.533. The zero-order chi connectivity index (χ0) is 16.2. The van der Waals surface area contributed by atoms with Crippen LogP contribution in [0.4, 0.5) is 0 Å². The van der Waals surface area contributed by atoms with E-state index in [1.165, 1.54) is 4.31 Å². The summed E-state index contributed by atoms with van der Waals surface area (Å²) in [6.45, 7) is 2.56. The van der Waals surface area contributed by atoms with Crippen LogP contribution in [0.3, 0.4) is 0 Å². The number of sulfonamides is 1. The quantitative estimate of drug-likeness (QED) is 0.883. The lowest BCUT2D eigenvalue weighted by Gasteiger charge is -2.31. The second-order valence-electron chi connectivity index (χ2n) is 5.28. The Morgan fingerprint density at radius 1 is 1.36 bits per heavy atom. The fourth-order valence-electron chi connectivity index (χ4n) is 2.49. The molecule has 22 heavy (non-hydrogen) atoms. The molecule has 1 aromatic rings. The van der Waals surface area contributed by atoms with Crippen molar-refractivity contribution in [2.75, 3.05) is 26.0 Å². The smallest absolute Gasteiger partial charge is 0.251 e. The van der Waals surface area contributed by atoms with Crippen LogP contribution in [-0.4, -0.2) is 50.6 Å². The van der Waals surface area contributed by atoms with Gasteiger partial charge in [0.25, 0.3) is 5.91 Å². The molecule has 0 atom stereocenters. The van der Waals surface area contributed by atoms with Gasteiger partial charge >= 0.3 is 0 Å². The molecule has 0 radical (unpaired) electrons. The lowest BCUT2D eigenvalue weighted by Crippen LogP contribution is -2.46. The zero-order valence-electron chi connectivity index (χ0n) is 12.9. The average Bonchev–Trinajstić information content (AvgIpc) is 2.55. The van der Waals surface area contributed by atoms with Crippen LogP contribution < -0.4 is 10.1 Å². The summed E-state index contributed by atoms with van der Waals surface area (Å²) in [5.74, 6) is 0.598. The van der Waals surface area contributed by atoms with Crippen LogP contribution in [0.15, 0.2) is 24.3 Å². The Bertz CT molecular complexity index is 622. The van der Waals surface area contributed by atoms with Crippen molar-refractivity contribution in [3.63, 3.8) is 0 Å². The number of carbonyl (C=O) groups is 1. The van der Waals surface area contributed by atoms with Gasteiger partial charge in [0.2, 0.25) is 10.0 Å². The van der Waals surface area contributed by atoms with E-state index in [0.717, 1.165) is 0 Å². The summed E-state index contributed by atoms with van der Waals surface area (Å²) in [6, 6.07) is 6.97. The highest BCUT2D eigenvalue weighted by Gasteiger charge is 2.27. The number of amides is 1. The SMILES string of the molecule is CCS(=O)(=O)N1CCC(NC(=O)c2cccc(OC)c2)CC1. The van der Waals surface area contributed by atoms with Gasteiger partial charge in [-0.1, -0.05) is 6.07 Å². The Balaban J connectivity index is 1.92. The summed E-state index contributed by atoms with van der Waals surface area (Å²) in [5, 5.41) is 2.96. The molecule has 0 aliphatic carbocycles. The first-order valence-corrected chi connectivity index (χ1v) is 9.00. The maximum atomic E-state index is 12.2. The zero-order valence-corrected chi connectivity index (χ0v) is 13.7. The fourth-order valence-corrected chi connectivity index (χ4v) is 3.63. The average molecular weight is 326 g/mol. The lowest BCUT2D eigenvalue weighted by atomic mass is 10.1. The van der Waals surface area contributed by atoms with E-state index in [4.69, 9.17) is 4.74 Å². The van der Waals surface area contributed by atoms with Crippen LogP contribution in [0.5, 0.6) is 5.75 Å². The van der Waals surface area contributed by atoms with Gasteiger partial charge in [-0.05, 0) is 38.0 Å². The van der Waals surface area contributed by atoms with Crippen molar-refractivity contribution in [3.05, 3.63) is 29.8 Å². The van der Waals surface area contributed by atoms with Crippen molar-refractivity contribution in [2.24, 2.45) is 0 Å². The highest BCUT2D eigenvalue weighted by atomic mass is 32.2. The molecule has 0 bridgehead atoms. The molecule has 1 aliphatic heterocycles. The maximum Gasteiger partial charge on any atom is 0.251 e. The van der Waals surface area contributed by atoms with E-state index in [2.05, 4.69) is 5.32 Å². The van der Waals surface area contributed by atoms with E-state index in [-0.39, 0.29) is 17.7 Å². The van der Waals surface area contributed by atoms with Crippen LogP contribution >= 0.6 is 0 Å². The summed E-state index contributed by atoms with van der Waals surface area (Å²) in [4.78, 5) is 12.2. The number of carbonyl (C=O) groups excluding carboxylic acids is 1. The minimum absolute atomic E-state index is 0.00186. The number of nitrogens with zero attached hydrogens (tertiary/aromatic N) is 1. The molecule has 122 valence electrons. The monoisotopic (exact) mass is 326 g/mol. The van der Waals surface area contributed by atoms with Crippen LogP contribution in [-0.2, 0) is 10.0 Å². The third kappa shape index (κ3) is 3.98. The Kier molecular flexibility index (Phi) is 5.42. The molecule has 1 saturated heterocycles. The second kappa shape index (κ2) is 7.11. The van der Waals surface area contributed by atoms with Gasteiger partial charge < -0.3 is 10.1 Å². The number of benzene rings is 1. The predicted octanol–water partition coefficient (Wildman–Crippen LogP) is 1.24. The van der Waals surface area contributed by atoms with Crippen LogP contribution in [0, 0.1) is 0 Å². The molecule has 0 spiro atoms. The summed E-state index contributed by atoms with van der Waals surface area (Å²) in [6.07, 6.45) is 1.27. The highest BCUT2D eigenvalue weighted by Crippen LogP contribution is 2.16. The molecular weight excluding hydrogens is 304 g/mol. The van der Waals surface area contributed by atoms with E-state index < -0.39 is 10.0 Å². The molecule has 1 N–H and O–H groups in total. The van der Waals surface area contributed by atoms with Crippen LogP contribution in [0.2, 0.25) is 0 Å². The summed E-state index contributed by atoms with van der Waals surface area (Å²) >= 11 is 0. The number of ether oxygens (including phenoxy) is 1. The molecule has 0 saturated carbocycles. The molecular formula is C15H22N2O4S. The number of rotatable bonds is 5. The Morgan fingerprint density at radius 3 is 2.64 bits per heavy atom. The minimum Gasteiger partial charge on any atom is -0.497 e. The van der Waals surface area contributed by atoms with Crippen LogP contribution in [0.25, 0.3) is 0 Å². The molecule has 6 nitrogen and oxygen atoms in total. The number of methoxy groups -OCH3 is 1. The maximum absolute atomic E-state index is 12.2. The molecule has 1 aliphatic rings. The first kappa shape index (κ1) is 16.8. The third-order valence-corrected chi connectivity index (χ3v) is 5.76. The lowest BCUT2D eigenvalue weighted by molar-refractivity contribution is 0.0923. The van der Waals surface area contributed by atoms with Crippen molar-refractivity contribution in [1.29, 1.82) is 0 Å². The van der Waals surface area contributed by atoms with Crippen LogP contribution in [0.1, 0.15) is 30.1 Å². The highest BCUT2D eigenvalue weighted by molar-refractivity contribution is 7.89. The van der Waals surface area contributed by atoms with E-state index in [9.17, 15) is 13.2 Å². The van der Waals surface area contributed by atoms with Gasteiger partial charge in [-0.15, -0.1) is 0 Å². The van der Waals surface area contributed by atoms with E-state index in [1.54, 1.807) is 38.3 Å². The Labute approximate surface area is 131 Å². The molecule has 1 amide bonds. The molecule has 1 heterocycles. The number of hydrogen-bond donors (Lipinski definition) is 1. The molecule has 2 rings (SSSR count). The van der Waals surface area contributed by atoms with E-state index >= 15 is 0 Å². The molecule has 7 heteroatoms. The van der Waals surface area contributed by atoms with E-state index in [0.29, 0.717) is 37.2 Å². The van der Waals surface area contributed by atoms with Gasteiger partial charge in [0.05, 0.1) is 12.9 Å². The standard InChI is InChI=1S/C15H22N2O4S/c1-3-22(19,20)17-9-7-13(8-10-17)16-15(18)12-5-4-6-14(11-12)21-2/h4-6,11,13H,3,7-10H2,1-2H3,(H,16,18). The first-order valence-electron chi connectivity index (χ1n) is 7.39. The number of piperidine rings is 1. The van der Waals surface area contributed by atoms with Gasteiger partial charge in [0, 0.05) is 24.7 Å². The van der Waals surface area contributed by atoms with Crippen molar-refractivity contribution in [3.8, 4) is 5.75 Å². The van der Waals surface area contributed by atoms with Gasteiger partial charge in [-0.25, -0.2) is 12.7 Å². The van der Waals surface area contributed by atoms with Crippen molar-refractivity contribution in [2.45, 2.75) is 25.8 Å². The van der Waals surface area contributed by atoms with Gasteiger partial charge in [-0.2, -0.15) is 0 Å². The second-order valence-corrected chi connectivity index (χ2v) is 7.54. The van der Waals surface area contributed by atoms with Gasteiger partial charge in [-0.3, -0.25) is 4.79 Å². The third-order valence-electron chi connectivity index (χ3n) is 3.88. The normalized spacial score (nSPS) is 17.2. The molecule has 0 aromatic heterocycles. The Hall–Kier alpha value is -1.60. The summed E-state index contributed by atoms with van der Waals surface area (Å²) in [7, 11) is -1.57. The van der Waals surface area contributed by atoms with Crippen molar-refractivity contribution in [1.82, 2.24) is 9.62 Å². The molecule has 1 fully saturated rings. The largest absolute Gasteiger partial charge is 0.497 e. The van der Waals surface area contributed by atoms with Gasteiger partial charge in [0.1, 0.15) is 5.75 Å². The Morgan fingerprint density at radius 2 is 2.05 bits per heavy atom. The molecule has 0 unspecified atom stereocenters. The topological polar surface area (TPSA) is 75.7 Å². The van der Waals surface area contributed by atoms with E-state index in [1.807, 2.05) is 0 Å². The predicted molar refractivity (Wildman–Crippen MR) is 84.5 cm³/mol. The minimum atomic E-state index is -3.13. The number of hydrogen-bond acceptors (Lipinski definition) is 4. The van der Waals surface area contributed by atoms with Crippen molar-refractivity contribution < 1.29 is 17.9 Å².